The standard InChI is InChI=1S/C19H27NO3S2/c1-3-23-19(22)17-14-9-8-12(2)10-15(14)25-18(17)20-16(21)11-24-13-6-4-5-7-13/h12-13H,3-11H2,1-2H3,(H,20,21)/t12-/m0/s1. The van der Waals surface area contributed by atoms with E-state index in [1.54, 1.807) is 23.1 Å². The summed E-state index contributed by atoms with van der Waals surface area (Å²) in [5.74, 6) is 0.788. The maximum absolute atomic E-state index is 12.5. The molecule has 1 fully saturated rings. The third-order valence-electron chi connectivity index (χ3n) is 5.00. The van der Waals surface area contributed by atoms with Gasteiger partial charge in [-0.1, -0.05) is 19.8 Å². The molecule has 0 radical (unpaired) electrons. The van der Waals surface area contributed by atoms with Crippen molar-refractivity contribution in [1.82, 2.24) is 0 Å². The first-order chi connectivity index (χ1) is 12.1. The molecule has 2 aliphatic carbocycles. The Labute approximate surface area is 158 Å². The topological polar surface area (TPSA) is 55.4 Å². The van der Waals surface area contributed by atoms with Crippen molar-refractivity contribution in [2.75, 3.05) is 17.7 Å². The number of ether oxygens (including phenoxy) is 1. The lowest BCUT2D eigenvalue weighted by Crippen LogP contribution is -2.18. The molecule has 0 aromatic carbocycles. The minimum Gasteiger partial charge on any atom is -0.462 e. The molecule has 4 nitrogen and oxygen atoms in total. The van der Waals surface area contributed by atoms with E-state index in [0.29, 0.717) is 34.1 Å². The highest BCUT2D eigenvalue weighted by Gasteiger charge is 2.29. The van der Waals surface area contributed by atoms with Crippen LogP contribution in [0, 0.1) is 5.92 Å². The highest BCUT2D eigenvalue weighted by molar-refractivity contribution is 8.00. The predicted octanol–water partition coefficient (Wildman–Crippen LogP) is 4.66. The predicted molar refractivity (Wildman–Crippen MR) is 105 cm³/mol. The molecular formula is C19H27NO3S2. The molecular weight excluding hydrogens is 354 g/mol. The molecule has 1 saturated carbocycles. The van der Waals surface area contributed by atoms with Crippen molar-refractivity contribution in [3.05, 3.63) is 16.0 Å². The fourth-order valence-corrected chi connectivity index (χ4v) is 6.21. The van der Waals surface area contributed by atoms with E-state index in [2.05, 4.69) is 12.2 Å². The quantitative estimate of drug-likeness (QED) is 0.728. The molecule has 0 bridgehead atoms. The van der Waals surface area contributed by atoms with E-state index in [0.717, 1.165) is 24.8 Å². The Morgan fingerprint density at radius 2 is 2.04 bits per heavy atom. The van der Waals surface area contributed by atoms with Gasteiger partial charge in [0.25, 0.3) is 0 Å². The fourth-order valence-electron chi connectivity index (χ4n) is 3.67. The van der Waals surface area contributed by atoms with Gasteiger partial charge in [-0.2, -0.15) is 0 Å². The first-order valence-electron chi connectivity index (χ1n) is 9.31. The molecule has 25 heavy (non-hydrogen) atoms. The summed E-state index contributed by atoms with van der Waals surface area (Å²) in [6, 6.07) is 0. The van der Waals surface area contributed by atoms with Crippen molar-refractivity contribution in [2.45, 2.75) is 64.0 Å². The fraction of sp³-hybridized carbons (Fsp3) is 0.684. The van der Waals surface area contributed by atoms with E-state index in [-0.39, 0.29) is 11.9 Å². The summed E-state index contributed by atoms with van der Waals surface area (Å²) in [5, 5.41) is 4.31. The van der Waals surface area contributed by atoms with Crippen molar-refractivity contribution in [2.24, 2.45) is 5.92 Å². The Bertz CT molecular complexity index is 635. The van der Waals surface area contributed by atoms with Crippen LogP contribution in [0.1, 0.15) is 66.8 Å². The van der Waals surface area contributed by atoms with Crippen molar-refractivity contribution >= 4 is 40.0 Å². The van der Waals surface area contributed by atoms with Gasteiger partial charge in [0.15, 0.2) is 0 Å². The summed E-state index contributed by atoms with van der Waals surface area (Å²) in [5.41, 5.74) is 1.70. The van der Waals surface area contributed by atoms with E-state index in [4.69, 9.17) is 4.74 Å². The molecule has 2 aliphatic rings. The molecule has 1 atom stereocenters. The second kappa shape index (κ2) is 8.58. The van der Waals surface area contributed by atoms with Crippen molar-refractivity contribution < 1.29 is 14.3 Å². The normalized spacial score (nSPS) is 20.3. The third kappa shape index (κ3) is 4.59. The summed E-state index contributed by atoms with van der Waals surface area (Å²) < 4.78 is 5.25. The van der Waals surface area contributed by atoms with E-state index in [1.165, 1.54) is 30.6 Å². The Morgan fingerprint density at radius 3 is 2.76 bits per heavy atom. The molecule has 1 N–H and O–H groups in total. The molecule has 3 rings (SSSR count). The number of nitrogens with one attached hydrogen (secondary N) is 1. The number of esters is 1. The van der Waals surface area contributed by atoms with Crippen LogP contribution in [-0.4, -0.2) is 29.5 Å². The molecule has 0 aliphatic heterocycles. The molecule has 1 heterocycles. The van der Waals surface area contributed by atoms with Gasteiger partial charge in [-0.05, 0) is 50.5 Å². The van der Waals surface area contributed by atoms with E-state index in [1.807, 2.05) is 6.92 Å². The highest BCUT2D eigenvalue weighted by atomic mass is 32.2. The van der Waals surface area contributed by atoms with Crippen molar-refractivity contribution in [1.29, 1.82) is 0 Å². The SMILES string of the molecule is CCOC(=O)c1c(NC(=O)CSC2CCCC2)sc2c1CC[C@H](C)C2. The number of anilines is 1. The largest absolute Gasteiger partial charge is 0.462 e. The Hall–Kier alpha value is -1.01. The number of hydrogen-bond acceptors (Lipinski definition) is 5. The van der Waals surface area contributed by atoms with Crippen LogP contribution < -0.4 is 5.32 Å². The summed E-state index contributed by atoms with van der Waals surface area (Å²) in [6.07, 6.45) is 7.96. The second-order valence-corrected chi connectivity index (χ2v) is 9.44. The Kier molecular flexibility index (Phi) is 6.44. The molecule has 6 heteroatoms. The highest BCUT2D eigenvalue weighted by Crippen LogP contribution is 2.40. The summed E-state index contributed by atoms with van der Waals surface area (Å²) in [7, 11) is 0. The zero-order valence-corrected chi connectivity index (χ0v) is 16.7. The van der Waals surface area contributed by atoms with Gasteiger partial charge in [-0.3, -0.25) is 4.79 Å². The van der Waals surface area contributed by atoms with Crippen LogP contribution in [0.4, 0.5) is 5.00 Å². The third-order valence-corrected chi connectivity index (χ3v) is 7.54. The smallest absolute Gasteiger partial charge is 0.341 e. The van der Waals surface area contributed by atoms with Crippen LogP contribution in [0.2, 0.25) is 0 Å². The zero-order valence-electron chi connectivity index (χ0n) is 15.1. The van der Waals surface area contributed by atoms with Crippen molar-refractivity contribution in [3.8, 4) is 0 Å². The first-order valence-corrected chi connectivity index (χ1v) is 11.2. The van der Waals surface area contributed by atoms with Crippen molar-refractivity contribution in [3.63, 3.8) is 0 Å². The van der Waals surface area contributed by atoms with Gasteiger partial charge in [0.05, 0.1) is 17.9 Å². The Balaban J connectivity index is 1.72. The number of hydrogen-bond donors (Lipinski definition) is 1. The minimum absolute atomic E-state index is 0.00547. The molecule has 1 aromatic rings. The lowest BCUT2D eigenvalue weighted by Gasteiger charge is -2.18. The van der Waals surface area contributed by atoms with Crippen LogP contribution in [0.25, 0.3) is 0 Å². The summed E-state index contributed by atoms with van der Waals surface area (Å²) >= 11 is 3.31. The molecule has 1 amide bonds. The molecule has 0 saturated heterocycles. The number of thioether (sulfide) groups is 1. The number of thiophene rings is 1. The number of carbonyl (C=O) groups is 2. The number of amides is 1. The van der Waals surface area contributed by atoms with Crippen LogP contribution in [-0.2, 0) is 22.4 Å². The number of carbonyl (C=O) groups excluding carboxylic acids is 2. The van der Waals surface area contributed by atoms with Gasteiger partial charge in [-0.25, -0.2) is 4.79 Å². The van der Waals surface area contributed by atoms with Crippen LogP contribution in [0.3, 0.4) is 0 Å². The lowest BCUT2D eigenvalue weighted by molar-refractivity contribution is -0.113. The second-order valence-electron chi connectivity index (χ2n) is 7.04. The summed E-state index contributed by atoms with van der Waals surface area (Å²) in [4.78, 5) is 26.1. The lowest BCUT2D eigenvalue weighted by atomic mass is 9.88. The van der Waals surface area contributed by atoms with Gasteiger partial charge in [-0.15, -0.1) is 23.1 Å². The van der Waals surface area contributed by atoms with Gasteiger partial charge >= 0.3 is 5.97 Å². The van der Waals surface area contributed by atoms with Gasteiger partial charge in [0.2, 0.25) is 5.91 Å². The van der Waals surface area contributed by atoms with Crippen LogP contribution in [0.15, 0.2) is 0 Å². The van der Waals surface area contributed by atoms with Gasteiger partial charge in [0.1, 0.15) is 5.00 Å². The number of rotatable bonds is 6. The van der Waals surface area contributed by atoms with E-state index in [9.17, 15) is 9.59 Å². The average molecular weight is 382 g/mol. The van der Waals surface area contributed by atoms with E-state index >= 15 is 0 Å². The average Bonchev–Trinajstić information content (AvgIpc) is 3.19. The minimum atomic E-state index is -0.298. The van der Waals surface area contributed by atoms with Crippen LogP contribution in [0.5, 0.6) is 0 Å². The van der Waals surface area contributed by atoms with Crippen LogP contribution >= 0.6 is 23.1 Å². The number of fused-ring (bicyclic) bond motifs is 1. The Morgan fingerprint density at radius 1 is 1.28 bits per heavy atom. The molecule has 1 aromatic heterocycles. The summed E-state index contributed by atoms with van der Waals surface area (Å²) in [6.45, 7) is 4.41. The molecule has 0 unspecified atom stereocenters. The monoisotopic (exact) mass is 381 g/mol. The maximum atomic E-state index is 12.5. The molecule has 0 spiro atoms. The first kappa shape index (κ1) is 18.8. The van der Waals surface area contributed by atoms with E-state index < -0.39 is 0 Å². The maximum Gasteiger partial charge on any atom is 0.341 e. The zero-order chi connectivity index (χ0) is 17.8. The molecule has 138 valence electrons. The van der Waals surface area contributed by atoms with Gasteiger partial charge in [0, 0.05) is 10.1 Å². The van der Waals surface area contributed by atoms with Gasteiger partial charge < -0.3 is 10.1 Å².